The molecule has 3 unspecified atom stereocenters. The van der Waals surface area contributed by atoms with Gasteiger partial charge in [0, 0.05) is 25.0 Å². The molecule has 0 spiro atoms. The molecule has 2 rings (SSSR count). The molecule has 0 aliphatic carbocycles. The maximum absolute atomic E-state index is 11.7. The third kappa shape index (κ3) is 2.41. The van der Waals surface area contributed by atoms with E-state index in [1.807, 2.05) is 25.1 Å². The molecule has 3 nitrogen and oxygen atoms in total. The van der Waals surface area contributed by atoms with E-state index in [2.05, 4.69) is 24.4 Å². The smallest absolute Gasteiger partial charge is 0.220 e. The van der Waals surface area contributed by atoms with Crippen molar-refractivity contribution < 1.29 is 9.53 Å². The summed E-state index contributed by atoms with van der Waals surface area (Å²) in [6.07, 6.45) is 1.46. The molecule has 98 valence electrons. The fraction of sp³-hybridized carbons (Fsp3) is 0.533. The number of nitrogens with one attached hydrogen (secondary N) is 1. The van der Waals surface area contributed by atoms with E-state index in [0.29, 0.717) is 6.42 Å². The zero-order valence-electron chi connectivity index (χ0n) is 11.3. The third-order valence-corrected chi connectivity index (χ3v) is 4.24. The van der Waals surface area contributed by atoms with Gasteiger partial charge in [-0.2, -0.15) is 0 Å². The lowest BCUT2D eigenvalue weighted by atomic mass is 9.75. The van der Waals surface area contributed by atoms with Crippen LogP contribution in [0.25, 0.3) is 0 Å². The van der Waals surface area contributed by atoms with Crippen molar-refractivity contribution in [3.63, 3.8) is 0 Å². The predicted molar refractivity (Wildman–Crippen MR) is 71.3 cm³/mol. The number of hydrogen-bond acceptors (Lipinski definition) is 2. The Balaban J connectivity index is 2.17. The molecule has 1 aliphatic rings. The van der Waals surface area contributed by atoms with Crippen molar-refractivity contribution in [1.29, 1.82) is 0 Å². The summed E-state index contributed by atoms with van der Waals surface area (Å²) in [4.78, 5) is 11.7. The number of hydrogen-bond donors (Lipinski definition) is 1. The maximum atomic E-state index is 11.7. The highest BCUT2D eigenvalue weighted by atomic mass is 16.5. The van der Waals surface area contributed by atoms with Crippen molar-refractivity contribution in [3.05, 3.63) is 35.9 Å². The molecule has 1 amide bonds. The molecule has 1 aromatic rings. The minimum atomic E-state index is -0.137. The first-order valence-corrected chi connectivity index (χ1v) is 6.42. The van der Waals surface area contributed by atoms with E-state index in [-0.39, 0.29) is 23.5 Å². The van der Waals surface area contributed by atoms with E-state index >= 15 is 0 Å². The number of ether oxygens (including phenoxy) is 1. The molecule has 1 N–H and O–H groups in total. The summed E-state index contributed by atoms with van der Waals surface area (Å²) in [5.74, 6) is 0.127. The van der Waals surface area contributed by atoms with Crippen LogP contribution in [-0.2, 0) is 16.0 Å². The molecular weight excluding hydrogens is 226 g/mol. The quantitative estimate of drug-likeness (QED) is 0.885. The summed E-state index contributed by atoms with van der Waals surface area (Å²) in [5, 5.41) is 3.09. The zero-order chi connectivity index (χ0) is 13.2. The topological polar surface area (TPSA) is 38.3 Å². The van der Waals surface area contributed by atoms with E-state index in [0.717, 1.165) is 6.42 Å². The van der Waals surface area contributed by atoms with E-state index in [9.17, 15) is 4.79 Å². The van der Waals surface area contributed by atoms with Crippen LogP contribution in [0.2, 0.25) is 0 Å². The monoisotopic (exact) mass is 247 g/mol. The summed E-state index contributed by atoms with van der Waals surface area (Å²) in [6.45, 7) is 4.17. The first-order chi connectivity index (χ1) is 8.56. The van der Waals surface area contributed by atoms with Gasteiger partial charge in [0.25, 0.3) is 0 Å². The van der Waals surface area contributed by atoms with Gasteiger partial charge in [-0.25, -0.2) is 0 Å². The molecule has 0 bridgehead atoms. The van der Waals surface area contributed by atoms with Crippen LogP contribution in [0, 0.1) is 5.41 Å². The molecule has 0 saturated carbocycles. The average Bonchev–Trinajstić information content (AvgIpc) is 2.65. The van der Waals surface area contributed by atoms with Crippen LogP contribution in [0.3, 0.4) is 0 Å². The number of amides is 1. The molecule has 1 aliphatic heterocycles. The number of carbonyl (C=O) groups is 1. The molecule has 1 heterocycles. The van der Waals surface area contributed by atoms with E-state index < -0.39 is 0 Å². The fourth-order valence-electron chi connectivity index (χ4n) is 2.71. The highest BCUT2D eigenvalue weighted by Gasteiger charge is 2.46. The summed E-state index contributed by atoms with van der Waals surface area (Å²) >= 11 is 0. The molecule has 1 fully saturated rings. The predicted octanol–water partition coefficient (Wildman–Crippen LogP) is 2.16. The normalized spacial score (nSPS) is 29.1. The molecule has 18 heavy (non-hydrogen) atoms. The van der Waals surface area contributed by atoms with Gasteiger partial charge in [-0.3, -0.25) is 4.79 Å². The first kappa shape index (κ1) is 13.1. The van der Waals surface area contributed by atoms with Crippen LogP contribution in [0.15, 0.2) is 30.3 Å². The van der Waals surface area contributed by atoms with Crippen molar-refractivity contribution in [2.24, 2.45) is 5.41 Å². The summed E-state index contributed by atoms with van der Waals surface area (Å²) in [7, 11) is 1.71. The van der Waals surface area contributed by atoms with Crippen LogP contribution in [0.4, 0.5) is 0 Å². The SMILES string of the molecule is COC(C)C1(C)CC(=O)NC1Cc1ccccc1. The van der Waals surface area contributed by atoms with Gasteiger partial charge >= 0.3 is 0 Å². The summed E-state index contributed by atoms with van der Waals surface area (Å²) < 4.78 is 5.46. The molecule has 3 atom stereocenters. The lowest BCUT2D eigenvalue weighted by molar-refractivity contribution is -0.120. The highest BCUT2D eigenvalue weighted by molar-refractivity contribution is 5.80. The molecule has 1 aromatic carbocycles. The number of rotatable bonds is 4. The van der Waals surface area contributed by atoms with Crippen LogP contribution < -0.4 is 5.32 Å². The van der Waals surface area contributed by atoms with Crippen molar-refractivity contribution >= 4 is 5.91 Å². The zero-order valence-corrected chi connectivity index (χ0v) is 11.3. The Labute approximate surface area is 109 Å². The second-order valence-corrected chi connectivity index (χ2v) is 5.37. The Bertz CT molecular complexity index is 418. The van der Waals surface area contributed by atoms with E-state index in [1.54, 1.807) is 7.11 Å². The molecule has 1 saturated heterocycles. The summed E-state index contributed by atoms with van der Waals surface area (Å²) in [6, 6.07) is 10.4. The Morgan fingerprint density at radius 3 is 2.72 bits per heavy atom. The number of carbonyl (C=O) groups excluding carboxylic acids is 1. The Morgan fingerprint density at radius 1 is 1.44 bits per heavy atom. The highest BCUT2D eigenvalue weighted by Crippen LogP contribution is 2.37. The first-order valence-electron chi connectivity index (χ1n) is 6.42. The van der Waals surface area contributed by atoms with Gasteiger partial charge in [-0.15, -0.1) is 0 Å². The lowest BCUT2D eigenvalue weighted by Crippen LogP contribution is -2.44. The third-order valence-electron chi connectivity index (χ3n) is 4.24. The van der Waals surface area contributed by atoms with Crippen molar-refractivity contribution in [3.8, 4) is 0 Å². The fourth-order valence-corrected chi connectivity index (χ4v) is 2.71. The molecule has 0 aromatic heterocycles. The van der Waals surface area contributed by atoms with Gasteiger partial charge < -0.3 is 10.1 Å². The van der Waals surface area contributed by atoms with Crippen molar-refractivity contribution in [1.82, 2.24) is 5.32 Å². The lowest BCUT2D eigenvalue weighted by Gasteiger charge is -2.35. The van der Waals surface area contributed by atoms with Crippen molar-refractivity contribution in [2.75, 3.05) is 7.11 Å². The molecule has 3 heteroatoms. The van der Waals surface area contributed by atoms with E-state index in [1.165, 1.54) is 5.56 Å². The van der Waals surface area contributed by atoms with Crippen LogP contribution >= 0.6 is 0 Å². The van der Waals surface area contributed by atoms with Crippen molar-refractivity contribution in [2.45, 2.75) is 38.8 Å². The molecular formula is C15H21NO2. The van der Waals surface area contributed by atoms with Gasteiger partial charge in [0.05, 0.1) is 6.10 Å². The van der Waals surface area contributed by atoms with Gasteiger partial charge in [0.2, 0.25) is 5.91 Å². The average molecular weight is 247 g/mol. The second-order valence-electron chi connectivity index (χ2n) is 5.37. The Kier molecular flexibility index (Phi) is 3.71. The van der Waals surface area contributed by atoms with Gasteiger partial charge in [-0.05, 0) is 18.9 Å². The van der Waals surface area contributed by atoms with E-state index in [4.69, 9.17) is 4.74 Å². The minimum absolute atomic E-state index is 0.0603. The van der Waals surface area contributed by atoms with Crippen LogP contribution in [-0.4, -0.2) is 25.2 Å². The van der Waals surface area contributed by atoms with Crippen LogP contribution in [0.5, 0.6) is 0 Å². The summed E-state index contributed by atoms with van der Waals surface area (Å²) in [5.41, 5.74) is 1.11. The van der Waals surface area contributed by atoms with Gasteiger partial charge in [0.15, 0.2) is 0 Å². The van der Waals surface area contributed by atoms with Gasteiger partial charge in [-0.1, -0.05) is 37.3 Å². The second kappa shape index (κ2) is 5.11. The minimum Gasteiger partial charge on any atom is -0.381 e. The maximum Gasteiger partial charge on any atom is 0.220 e. The largest absolute Gasteiger partial charge is 0.381 e. The number of methoxy groups -OCH3 is 1. The Hall–Kier alpha value is -1.35. The standard InChI is InChI=1S/C15H21NO2/c1-11(18-3)15(2)10-14(17)16-13(15)9-12-7-5-4-6-8-12/h4-8,11,13H,9-10H2,1-3H3,(H,16,17). The molecule has 0 radical (unpaired) electrons. The van der Waals surface area contributed by atoms with Crippen LogP contribution in [0.1, 0.15) is 25.8 Å². The van der Waals surface area contributed by atoms with Gasteiger partial charge in [0.1, 0.15) is 0 Å². The Morgan fingerprint density at radius 2 is 2.11 bits per heavy atom. The number of benzene rings is 1.